The van der Waals surface area contributed by atoms with Gasteiger partial charge in [-0.2, -0.15) is 0 Å². The minimum atomic E-state index is -1.16. The predicted molar refractivity (Wildman–Crippen MR) is 73.1 cm³/mol. The van der Waals surface area contributed by atoms with Gasteiger partial charge in [0.25, 0.3) is 5.91 Å². The lowest BCUT2D eigenvalue weighted by Crippen LogP contribution is -2.15. The number of carbonyl (C=O) groups excluding carboxylic acids is 1. The summed E-state index contributed by atoms with van der Waals surface area (Å²) in [5, 5.41) is 2.11. The topological polar surface area (TPSA) is 29.1 Å². The second-order valence-electron chi connectivity index (χ2n) is 4.16. The maximum atomic E-state index is 13.5. The van der Waals surface area contributed by atoms with Gasteiger partial charge >= 0.3 is 0 Å². The van der Waals surface area contributed by atoms with E-state index in [0.717, 1.165) is 0 Å². The molecule has 0 radical (unpaired) electrons. The number of hydrogen-bond donors (Lipinski definition) is 1. The molecule has 0 unspecified atom stereocenters. The van der Waals surface area contributed by atoms with Crippen LogP contribution in [0.1, 0.15) is 15.9 Å². The Labute approximate surface area is 121 Å². The average Bonchev–Trinajstić information content (AvgIpc) is 2.36. The molecule has 0 aromatic heterocycles. The van der Waals surface area contributed by atoms with E-state index < -0.39 is 29.0 Å². The van der Waals surface area contributed by atoms with Crippen LogP contribution in [0.25, 0.3) is 0 Å². The Morgan fingerprint density at radius 2 is 1.70 bits per heavy atom. The van der Waals surface area contributed by atoms with E-state index in [2.05, 4.69) is 21.2 Å². The molecule has 2 aromatic rings. The van der Waals surface area contributed by atoms with Crippen LogP contribution in [0.15, 0.2) is 34.8 Å². The molecular formula is C14H9BrF3NO. The van der Waals surface area contributed by atoms with Crippen LogP contribution < -0.4 is 5.32 Å². The molecule has 2 rings (SSSR count). The Kier molecular flexibility index (Phi) is 4.13. The first kappa shape index (κ1) is 14.6. The molecule has 104 valence electrons. The van der Waals surface area contributed by atoms with Crippen molar-refractivity contribution in [3.8, 4) is 0 Å². The van der Waals surface area contributed by atoms with Crippen LogP contribution in [0.5, 0.6) is 0 Å². The third-order valence-electron chi connectivity index (χ3n) is 2.69. The van der Waals surface area contributed by atoms with E-state index in [4.69, 9.17) is 0 Å². The van der Waals surface area contributed by atoms with Crippen molar-refractivity contribution in [1.82, 2.24) is 0 Å². The number of carbonyl (C=O) groups is 1. The summed E-state index contributed by atoms with van der Waals surface area (Å²) in [7, 11) is 0. The molecule has 0 atom stereocenters. The van der Waals surface area contributed by atoms with Gasteiger partial charge in [0.2, 0.25) is 0 Å². The first-order chi connectivity index (χ1) is 9.38. The quantitative estimate of drug-likeness (QED) is 0.858. The summed E-state index contributed by atoms with van der Waals surface area (Å²) in [4.78, 5) is 12.0. The van der Waals surface area contributed by atoms with Crippen molar-refractivity contribution in [1.29, 1.82) is 0 Å². The number of benzene rings is 2. The predicted octanol–water partition coefficient (Wildman–Crippen LogP) is 4.43. The molecule has 0 saturated heterocycles. The van der Waals surface area contributed by atoms with Crippen molar-refractivity contribution in [2.75, 3.05) is 5.32 Å². The second-order valence-corrected chi connectivity index (χ2v) is 5.07. The highest BCUT2D eigenvalue weighted by molar-refractivity contribution is 9.10. The largest absolute Gasteiger partial charge is 0.317 e. The second kappa shape index (κ2) is 5.66. The normalized spacial score (nSPS) is 10.4. The summed E-state index contributed by atoms with van der Waals surface area (Å²) >= 11 is 3.21. The third kappa shape index (κ3) is 3.01. The van der Waals surface area contributed by atoms with Crippen molar-refractivity contribution in [3.63, 3.8) is 0 Å². The standard InChI is InChI=1S/C14H9BrF3NO/c1-7-2-3-8(15)4-10(7)14(20)19-13-11(17)5-9(16)6-12(13)18/h2-6H,1H3,(H,19,20). The Morgan fingerprint density at radius 1 is 1.10 bits per heavy atom. The summed E-state index contributed by atoms with van der Waals surface area (Å²) < 4.78 is 40.4. The molecule has 1 amide bonds. The lowest BCUT2D eigenvalue weighted by Gasteiger charge is -2.10. The summed E-state index contributed by atoms with van der Waals surface area (Å²) in [6.45, 7) is 1.69. The van der Waals surface area contributed by atoms with E-state index in [9.17, 15) is 18.0 Å². The molecule has 0 heterocycles. The fraction of sp³-hybridized carbons (Fsp3) is 0.0714. The maximum absolute atomic E-state index is 13.5. The Hall–Kier alpha value is -1.82. The molecule has 0 saturated carbocycles. The Bertz CT molecular complexity index is 665. The molecule has 6 heteroatoms. The van der Waals surface area contributed by atoms with Gasteiger partial charge in [0.05, 0.1) is 0 Å². The minimum absolute atomic E-state index is 0.266. The van der Waals surface area contributed by atoms with E-state index >= 15 is 0 Å². The monoisotopic (exact) mass is 343 g/mol. The molecule has 20 heavy (non-hydrogen) atoms. The van der Waals surface area contributed by atoms with E-state index in [0.29, 0.717) is 22.2 Å². The SMILES string of the molecule is Cc1ccc(Br)cc1C(=O)Nc1c(F)cc(F)cc1F. The van der Waals surface area contributed by atoms with Gasteiger partial charge in [-0.15, -0.1) is 0 Å². The van der Waals surface area contributed by atoms with Gasteiger partial charge in [-0.25, -0.2) is 13.2 Å². The van der Waals surface area contributed by atoms with Gasteiger partial charge in [-0.1, -0.05) is 22.0 Å². The van der Waals surface area contributed by atoms with Crippen LogP contribution in [0.3, 0.4) is 0 Å². The molecule has 0 bridgehead atoms. The van der Waals surface area contributed by atoms with Crippen LogP contribution >= 0.6 is 15.9 Å². The zero-order valence-corrected chi connectivity index (χ0v) is 11.9. The van der Waals surface area contributed by atoms with Gasteiger partial charge in [0.15, 0.2) is 11.6 Å². The Balaban J connectivity index is 2.35. The molecule has 2 nitrogen and oxygen atoms in total. The third-order valence-corrected chi connectivity index (χ3v) is 3.18. The van der Waals surface area contributed by atoms with Crippen molar-refractivity contribution in [2.45, 2.75) is 6.92 Å². The molecule has 1 N–H and O–H groups in total. The van der Waals surface area contributed by atoms with Crippen molar-refractivity contribution >= 4 is 27.5 Å². The number of aryl methyl sites for hydroxylation is 1. The lowest BCUT2D eigenvalue weighted by molar-refractivity contribution is 0.102. The number of hydrogen-bond acceptors (Lipinski definition) is 1. The number of nitrogens with one attached hydrogen (secondary N) is 1. The highest BCUT2D eigenvalue weighted by atomic mass is 79.9. The molecule has 2 aromatic carbocycles. The molecule has 0 fully saturated rings. The van der Waals surface area contributed by atoms with E-state index in [1.165, 1.54) is 6.07 Å². The first-order valence-electron chi connectivity index (χ1n) is 5.60. The fourth-order valence-electron chi connectivity index (χ4n) is 1.68. The van der Waals surface area contributed by atoms with Gasteiger partial charge in [-0.3, -0.25) is 4.79 Å². The average molecular weight is 344 g/mol. The first-order valence-corrected chi connectivity index (χ1v) is 6.40. The number of amides is 1. The number of anilines is 1. The van der Waals surface area contributed by atoms with E-state index in [-0.39, 0.29) is 5.56 Å². The van der Waals surface area contributed by atoms with Gasteiger partial charge in [0.1, 0.15) is 11.5 Å². The number of halogens is 4. The van der Waals surface area contributed by atoms with Crippen molar-refractivity contribution < 1.29 is 18.0 Å². The molecule has 0 aliphatic heterocycles. The zero-order chi connectivity index (χ0) is 14.9. The van der Waals surface area contributed by atoms with Gasteiger partial charge in [-0.05, 0) is 24.6 Å². The lowest BCUT2D eigenvalue weighted by atomic mass is 10.1. The Morgan fingerprint density at radius 3 is 2.30 bits per heavy atom. The zero-order valence-electron chi connectivity index (χ0n) is 10.3. The molecular weight excluding hydrogens is 335 g/mol. The minimum Gasteiger partial charge on any atom is -0.317 e. The smallest absolute Gasteiger partial charge is 0.256 e. The maximum Gasteiger partial charge on any atom is 0.256 e. The fourth-order valence-corrected chi connectivity index (χ4v) is 2.04. The molecule has 0 aliphatic carbocycles. The van der Waals surface area contributed by atoms with Crippen LogP contribution in [0.2, 0.25) is 0 Å². The van der Waals surface area contributed by atoms with Crippen LogP contribution in [-0.2, 0) is 0 Å². The highest BCUT2D eigenvalue weighted by Gasteiger charge is 2.16. The van der Waals surface area contributed by atoms with Crippen molar-refractivity contribution in [2.24, 2.45) is 0 Å². The molecule has 0 spiro atoms. The van der Waals surface area contributed by atoms with E-state index in [1.54, 1.807) is 19.1 Å². The van der Waals surface area contributed by atoms with Crippen LogP contribution in [0, 0.1) is 24.4 Å². The summed E-state index contributed by atoms with van der Waals surface area (Å²) in [6, 6.07) is 5.98. The van der Waals surface area contributed by atoms with Gasteiger partial charge in [0, 0.05) is 22.2 Å². The van der Waals surface area contributed by atoms with Crippen LogP contribution in [0.4, 0.5) is 18.9 Å². The van der Waals surface area contributed by atoms with Crippen molar-refractivity contribution in [3.05, 3.63) is 63.4 Å². The van der Waals surface area contributed by atoms with E-state index in [1.807, 2.05) is 0 Å². The van der Waals surface area contributed by atoms with Crippen LogP contribution in [-0.4, -0.2) is 5.91 Å². The number of rotatable bonds is 2. The summed E-state index contributed by atoms with van der Waals surface area (Å²) in [6.07, 6.45) is 0. The summed E-state index contributed by atoms with van der Waals surface area (Å²) in [5.74, 6) is -4.04. The van der Waals surface area contributed by atoms with Gasteiger partial charge < -0.3 is 5.32 Å². The highest BCUT2D eigenvalue weighted by Crippen LogP contribution is 2.22. The molecule has 0 aliphatic rings. The summed E-state index contributed by atoms with van der Waals surface area (Å²) in [5.41, 5.74) is 0.243.